The molecule has 2 aromatic carbocycles. The highest BCUT2D eigenvalue weighted by Gasteiger charge is 2.43. The molecule has 3 heterocycles. The average Bonchev–Trinajstić information content (AvgIpc) is 2.88. The number of amides is 2. The molecule has 2 aromatic rings. The zero-order chi connectivity index (χ0) is 24.1. The molecule has 2 amide bonds. The second kappa shape index (κ2) is 10.6. The van der Waals surface area contributed by atoms with Crippen molar-refractivity contribution in [1.82, 2.24) is 15.7 Å². The third-order valence-electron chi connectivity index (χ3n) is 6.53. The molecule has 5 rings (SSSR count). The zero-order valence-electron chi connectivity index (χ0n) is 19.7. The van der Waals surface area contributed by atoms with Crippen molar-refractivity contribution in [3.05, 3.63) is 71.3 Å². The Bertz CT molecular complexity index is 1080. The van der Waals surface area contributed by atoms with Crippen molar-refractivity contribution < 1.29 is 23.9 Å². The Morgan fingerprint density at radius 2 is 2.09 bits per heavy atom. The van der Waals surface area contributed by atoms with Crippen LogP contribution in [0.25, 0.3) is 6.08 Å². The van der Waals surface area contributed by atoms with Gasteiger partial charge < -0.3 is 14.8 Å². The zero-order valence-corrected chi connectivity index (χ0v) is 19.7. The number of carbonyl (C=O) groups is 2. The van der Waals surface area contributed by atoms with Gasteiger partial charge in [-0.15, -0.1) is 0 Å². The number of nitrogens with one attached hydrogen (secondary N) is 2. The van der Waals surface area contributed by atoms with E-state index in [4.69, 9.17) is 14.3 Å². The lowest BCUT2D eigenvalue weighted by atomic mass is 9.97. The number of nitrogens with zero attached hydrogens (tertiary/aromatic N) is 1. The normalized spacial score (nSPS) is 24.6. The van der Waals surface area contributed by atoms with Crippen molar-refractivity contribution in [2.75, 3.05) is 19.7 Å². The third kappa shape index (κ3) is 5.90. The van der Waals surface area contributed by atoms with Crippen molar-refractivity contribution in [2.24, 2.45) is 0 Å². The first-order valence-electron chi connectivity index (χ1n) is 12.3. The lowest BCUT2D eigenvalue weighted by Gasteiger charge is -2.45. The molecule has 3 aliphatic heterocycles. The Balaban J connectivity index is 1.21. The third-order valence-corrected chi connectivity index (χ3v) is 6.53. The topological polar surface area (TPSA) is 89.1 Å². The predicted octanol–water partition coefficient (Wildman–Crippen LogP) is 3.39. The molecule has 0 radical (unpaired) electrons. The van der Waals surface area contributed by atoms with Crippen LogP contribution in [-0.4, -0.2) is 48.4 Å². The largest absolute Gasteiger partial charge is 0.466 e. The van der Waals surface area contributed by atoms with E-state index >= 15 is 0 Å². The van der Waals surface area contributed by atoms with Gasteiger partial charge in [-0.05, 0) is 55.1 Å². The maximum absolute atomic E-state index is 13.0. The Kier molecular flexibility index (Phi) is 7.13. The molecule has 0 aliphatic carbocycles. The van der Waals surface area contributed by atoms with E-state index in [0.717, 1.165) is 50.8 Å². The Morgan fingerprint density at radius 3 is 2.91 bits per heavy atom. The molecule has 0 saturated carbocycles. The van der Waals surface area contributed by atoms with E-state index in [9.17, 15) is 9.59 Å². The number of rotatable bonds is 6. The number of benzene rings is 2. The van der Waals surface area contributed by atoms with Gasteiger partial charge >= 0.3 is 0 Å². The number of hydrogen-bond acceptors (Lipinski definition) is 6. The molecule has 3 aliphatic rings. The molecule has 184 valence electrons. The summed E-state index contributed by atoms with van der Waals surface area (Å²) in [5.41, 5.74) is 4.09. The van der Waals surface area contributed by atoms with Gasteiger partial charge in [-0.25, -0.2) is 10.3 Å². The fraction of sp³-hybridized carbons (Fsp3) is 0.407. The van der Waals surface area contributed by atoms with Crippen LogP contribution in [0.5, 0.6) is 5.75 Å². The summed E-state index contributed by atoms with van der Waals surface area (Å²) in [5.74, 6) is 0.0113. The first-order chi connectivity index (χ1) is 17.1. The Morgan fingerprint density at radius 1 is 1.20 bits per heavy atom. The molecular formula is C27H31N3O5. The number of likely N-dealkylation sites (tertiary alicyclic amines) is 1. The Hall–Kier alpha value is -3.20. The minimum atomic E-state index is -0.729. The van der Waals surface area contributed by atoms with Crippen LogP contribution in [0.2, 0.25) is 0 Å². The van der Waals surface area contributed by atoms with Gasteiger partial charge in [0.05, 0.1) is 12.1 Å². The minimum absolute atomic E-state index is 0.162. The fourth-order valence-corrected chi connectivity index (χ4v) is 4.83. The van der Waals surface area contributed by atoms with Gasteiger partial charge in [0.15, 0.2) is 12.0 Å². The van der Waals surface area contributed by atoms with Gasteiger partial charge in [-0.3, -0.25) is 14.5 Å². The second-order valence-corrected chi connectivity index (χ2v) is 9.32. The maximum Gasteiger partial charge on any atom is 0.267 e. The first-order valence-corrected chi connectivity index (χ1v) is 12.3. The van der Waals surface area contributed by atoms with Crippen molar-refractivity contribution in [1.29, 1.82) is 0 Å². The highest BCUT2D eigenvalue weighted by atomic mass is 16.8. The monoisotopic (exact) mass is 477 g/mol. The van der Waals surface area contributed by atoms with Gasteiger partial charge in [0.1, 0.15) is 5.75 Å². The fourth-order valence-electron chi connectivity index (χ4n) is 4.83. The van der Waals surface area contributed by atoms with Crippen molar-refractivity contribution in [3.8, 4) is 5.75 Å². The molecule has 8 nitrogen and oxygen atoms in total. The molecule has 2 unspecified atom stereocenters. The van der Waals surface area contributed by atoms with E-state index in [-0.39, 0.29) is 5.91 Å². The van der Waals surface area contributed by atoms with Crippen LogP contribution in [0.3, 0.4) is 0 Å². The minimum Gasteiger partial charge on any atom is -0.466 e. The second-order valence-electron chi connectivity index (χ2n) is 9.32. The molecule has 1 spiro atoms. The summed E-state index contributed by atoms with van der Waals surface area (Å²) >= 11 is 0. The van der Waals surface area contributed by atoms with Crippen LogP contribution in [0.1, 0.15) is 53.6 Å². The summed E-state index contributed by atoms with van der Waals surface area (Å²) in [6.07, 6.45) is 7.09. The number of hydroxylamine groups is 1. The van der Waals surface area contributed by atoms with Gasteiger partial charge in [-0.1, -0.05) is 36.4 Å². The number of fused-ring (bicyclic) bond motifs is 1. The summed E-state index contributed by atoms with van der Waals surface area (Å²) < 4.78 is 11.8. The van der Waals surface area contributed by atoms with Crippen LogP contribution in [-0.2, 0) is 20.9 Å². The highest BCUT2D eigenvalue weighted by Crippen LogP contribution is 2.34. The molecule has 0 bridgehead atoms. The van der Waals surface area contributed by atoms with Crippen molar-refractivity contribution in [3.63, 3.8) is 0 Å². The standard InChI is InChI=1S/C27H31N3O5/c31-24(29-35-25-9-4-5-16-33-25)13-11-20-10-12-23-22(17-20)26(32)28-27(34-23)14-6-15-30(19-27)18-21-7-2-1-3-8-21/h1-3,7-8,10-13,17,25H,4-6,9,14-16,18-19H2,(H,28,32)(H,29,31). The van der Waals surface area contributed by atoms with Crippen molar-refractivity contribution >= 4 is 17.9 Å². The van der Waals surface area contributed by atoms with Gasteiger partial charge in [-0.2, -0.15) is 0 Å². The van der Waals surface area contributed by atoms with Crippen LogP contribution < -0.4 is 15.5 Å². The summed E-state index contributed by atoms with van der Waals surface area (Å²) in [5, 5.41) is 3.11. The summed E-state index contributed by atoms with van der Waals surface area (Å²) in [4.78, 5) is 32.7. The smallest absolute Gasteiger partial charge is 0.267 e. The highest BCUT2D eigenvalue weighted by molar-refractivity contribution is 5.99. The molecule has 8 heteroatoms. The molecule has 2 atom stereocenters. The average molecular weight is 478 g/mol. The molecule has 0 aromatic heterocycles. The lowest BCUT2D eigenvalue weighted by Crippen LogP contribution is -2.63. The molecule has 2 fully saturated rings. The van der Waals surface area contributed by atoms with Crippen LogP contribution in [0, 0.1) is 0 Å². The van der Waals surface area contributed by atoms with E-state index in [2.05, 4.69) is 27.8 Å². The number of carbonyl (C=O) groups excluding carboxylic acids is 2. The van der Waals surface area contributed by atoms with Gasteiger partial charge in [0.2, 0.25) is 0 Å². The molecule has 2 N–H and O–H groups in total. The van der Waals surface area contributed by atoms with Gasteiger partial charge in [0.25, 0.3) is 11.8 Å². The van der Waals surface area contributed by atoms with E-state index in [0.29, 0.717) is 24.5 Å². The lowest BCUT2D eigenvalue weighted by molar-refractivity contribution is -0.198. The van der Waals surface area contributed by atoms with E-state index < -0.39 is 17.9 Å². The molecular weight excluding hydrogens is 446 g/mol. The number of hydrogen-bond donors (Lipinski definition) is 2. The summed E-state index contributed by atoms with van der Waals surface area (Å²) in [6, 6.07) is 15.7. The van der Waals surface area contributed by atoms with Crippen LogP contribution >= 0.6 is 0 Å². The molecule has 2 saturated heterocycles. The Labute approximate surface area is 205 Å². The maximum atomic E-state index is 13.0. The summed E-state index contributed by atoms with van der Waals surface area (Å²) in [7, 11) is 0. The van der Waals surface area contributed by atoms with Crippen molar-refractivity contribution in [2.45, 2.75) is 50.7 Å². The SMILES string of the molecule is O=C(C=Cc1ccc2c(c1)C(=O)NC1(CCCN(Cc3ccccc3)C1)O2)NOC1CCCCO1. The molecule has 35 heavy (non-hydrogen) atoms. The predicted molar refractivity (Wildman–Crippen MR) is 130 cm³/mol. The first kappa shape index (κ1) is 23.5. The van der Waals surface area contributed by atoms with E-state index in [1.165, 1.54) is 11.6 Å². The van der Waals surface area contributed by atoms with Crippen LogP contribution in [0.4, 0.5) is 0 Å². The summed E-state index contributed by atoms with van der Waals surface area (Å²) in [6.45, 7) is 3.05. The van der Waals surface area contributed by atoms with Crippen LogP contribution in [0.15, 0.2) is 54.6 Å². The number of ether oxygens (including phenoxy) is 2. The van der Waals surface area contributed by atoms with Gasteiger partial charge in [0, 0.05) is 32.1 Å². The number of piperidine rings is 1. The van der Waals surface area contributed by atoms with E-state index in [1.807, 2.05) is 24.3 Å². The van der Waals surface area contributed by atoms with E-state index in [1.54, 1.807) is 18.2 Å². The quantitative estimate of drug-likeness (QED) is 0.490.